The molecule has 1 fully saturated rings. The van der Waals surface area contributed by atoms with Gasteiger partial charge in [-0.25, -0.2) is 4.79 Å². The maximum absolute atomic E-state index is 12.5. The molecule has 5 nitrogen and oxygen atoms in total. The number of carbonyl (C=O) groups excluding carboxylic acids is 2. The Labute approximate surface area is 141 Å². The first kappa shape index (κ1) is 17.8. The van der Waals surface area contributed by atoms with Gasteiger partial charge in [0.15, 0.2) is 0 Å². The highest BCUT2D eigenvalue weighted by molar-refractivity contribution is 6.31. The highest BCUT2D eigenvalue weighted by Gasteiger charge is 2.40. The average molecular weight is 340 g/mol. The van der Waals surface area contributed by atoms with Gasteiger partial charge in [0.1, 0.15) is 6.04 Å². The predicted octanol–water partition coefficient (Wildman–Crippen LogP) is 2.37. The van der Waals surface area contributed by atoms with Crippen molar-refractivity contribution >= 4 is 23.5 Å². The minimum absolute atomic E-state index is 0.0625. The van der Waals surface area contributed by atoms with Crippen molar-refractivity contribution in [1.29, 1.82) is 0 Å². The summed E-state index contributed by atoms with van der Waals surface area (Å²) in [6, 6.07) is 5.19. The summed E-state index contributed by atoms with van der Waals surface area (Å²) in [6.07, 6.45) is 1.31. The Morgan fingerprint density at radius 2 is 2.09 bits per heavy atom. The molecular weight excluding hydrogens is 318 g/mol. The summed E-state index contributed by atoms with van der Waals surface area (Å²) in [6.45, 7) is 2.36. The average Bonchev–Trinajstić information content (AvgIpc) is 2.99. The molecule has 0 bridgehead atoms. The van der Waals surface area contributed by atoms with Gasteiger partial charge in [-0.3, -0.25) is 4.79 Å². The van der Waals surface area contributed by atoms with Crippen molar-refractivity contribution in [3.05, 3.63) is 34.3 Å². The van der Waals surface area contributed by atoms with Gasteiger partial charge in [-0.1, -0.05) is 23.7 Å². The summed E-state index contributed by atoms with van der Waals surface area (Å²) in [7, 11) is 2.92. The van der Waals surface area contributed by atoms with Crippen LogP contribution in [0, 0.1) is 6.92 Å². The number of esters is 1. The molecule has 6 heteroatoms. The van der Waals surface area contributed by atoms with E-state index < -0.39 is 6.04 Å². The Bertz CT molecular complexity index is 590. The quantitative estimate of drug-likeness (QED) is 0.773. The number of likely N-dealkylation sites (tertiary alicyclic amines) is 1. The highest BCUT2D eigenvalue weighted by Crippen LogP contribution is 2.23. The van der Waals surface area contributed by atoms with Crippen molar-refractivity contribution in [3.63, 3.8) is 0 Å². The molecule has 1 aliphatic rings. The number of hydrogen-bond acceptors (Lipinski definition) is 4. The van der Waals surface area contributed by atoms with Gasteiger partial charge in [0, 0.05) is 31.5 Å². The van der Waals surface area contributed by atoms with Crippen LogP contribution in [0.15, 0.2) is 18.2 Å². The molecule has 0 aromatic heterocycles. The Hall–Kier alpha value is -1.59. The molecule has 1 aliphatic heterocycles. The molecular formula is C17H22ClNO4. The van der Waals surface area contributed by atoms with E-state index >= 15 is 0 Å². The number of benzene rings is 1. The van der Waals surface area contributed by atoms with E-state index in [-0.39, 0.29) is 18.0 Å². The molecule has 1 amide bonds. The Balaban J connectivity index is 2.00. The Morgan fingerprint density at radius 3 is 2.70 bits per heavy atom. The summed E-state index contributed by atoms with van der Waals surface area (Å²) in [4.78, 5) is 25.9. The lowest BCUT2D eigenvalue weighted by Gasteiger charge is -2.22. The summed E-state index contributed by atoms with van der Waals surface area (Å²) >= 11 is 6.01. The van der Waals surface area contributed by atoms with Gasteiger partial charge in [-0.15, -0.1) is 0 Å². The number of hydrogen-bond donors (Lipinski definition) is 0. The molecule has 2 rings (SSSR count). The second-order valence-corrected chi connectivity index (χ2v) is 6.17. The molecule has 1 saturated heterocycles. The zero-order valence-electron chi connectivity index (χ0n) is 13.7. The monoisotopic (exact) mass is 339 g/mol. The number of aryl methyl sites for hydroxylation is 2. The summed E-state index contributed by atoms with van der Waals surface area (Å²) in [5.74, 6) is -0.451. The fourth-order valence-electron chi connectivity index (χ4n) is 2.86. The molecule has 1 heterocycles. The van der Waals surface area contributed by atoms with Gasteiger partial charge >= 0.3 is 5.97 Å². The van der Waals surface area contributed by atoms with Crippen LogP contribution in [0.25, 0.3) is 0 Å². The van der Waals surface area contributed by atoms with Crippen LogP contribution in [0.3, 0.4) is 0 Å². The van der Waals surface area contributed by atoms with Crippen molar-refractivity contribution in [1.82, 2.24) is 4.90 Å². The minimum atomic E-state index is -0.551. The number of halogens is 1. The van der Waals surface area contributed by atoms with Gasteiger partial charge in [-0.05, 0) is 30.5 Å². The summed E-state index contributed by atoms with van der Waals surface area (Å²) in [5.41, 5.74) is 2.04. The van der Waals surface area contributed by atoms with Crippen LogP contribution in [0.1, 0.15) is 24.0 Å². The molecule has 126 valence electrons. The molecule has 0 spiro atoms. The van der Waals surface area contributed by atoms with Crippen molar-refractivity contribution in [2.24, 2.45) is 0 Å². The minimum Gasteiger partial charge on any atom is -0.467 e. The van der Waals surface area contributed by atoms with Crippen LogP contribution in [0.4, 0.5) is 0 Å². The Kier molecular flexibility index (Phi) is 6.02. The fourth-order valence-corrected chi connectivity index (χ4v) is 2.98. The van der Waals surface area contributed by atoms with E-state index in [0.717, 1.165) is 11.1 Å². The number of ether oxygens (including phenoxy) is 2. The molecule has 0 N–H and O–H groups in total. The lowest BCUT2D eigenvalue weighted by molar-refractivity contribution is -0.150. The van der Waals surface area contributed by atoms with Gasteiger partial charge in [0.2, 0.25) is 5.91 Å². The number of rotatable bonds is 5. The van der Waals surface area contributed by atoms with Gasteiger partial charge in [0.25, 0.3) is 0 Å². The van der Waals surface area contributed by atoms with Crippen molar-refractivity contribution in [2.75, 3.05) is 20.8 Å². The molecule has 0 aliphatic carbocycles. The van der Waals surface area contributed by atoms with Gasteiger partial charge in [0.05, 0.1) is 13.2 Å². The first-order valence-electron chi connectivity index (χ1n) is 7.61. The van der Waals surface area contributed by atoms with E-state index in [9.17, 15) is 9.59 Å². The number of carbonyl (C=O) groups is 2. The van der Waals surface area contributed by atoms with Crippen LogP contribution in [0.5, 0.6) is 0 Å². The predicted molar refractivity (Wildman–Crippen MR) is 87.4 cm³/mol. The number of methoxy groups -OCH3 is 2. The van der Waals surface area contributed by atoms with Gasteiger partial charge < -0.3 is 14.4 Å². The summed E-state index contributed by atoms with van der Waals surface area (Å²) < 4.78 is 10.1. The first-order chi connectivity index (χ1) is 11.0. The largest absolute Gasteiger partial charge is 0.467 e. The maximum Gasteiger partial charge on any atom is 0.328 e. The molecule has 1 aromatic rings. The van der Waals surface area contributed by atoms with E-state index in [1.54, 1.807) is 12.0 Å². The molecule has 2 atom stereocenters. The lowest BCUT2D eigenvalue weighted by atomic mass is 10.1. The zero-order chi connectivity index (χ0) is 17.0. The first-order valence-corrected chi connectivity index (χ1v) is 7.99. The van der Waals surface area contributed by atoms with Crippen LogP contribution in [-0.2, 0) is 25.5 Å². The van der Waals surface area contributed by atoms with Crippen LogP contribution in [-0.4, -0.2) is 49.7 Å². The van der Waals surface area contributed by atoms with Crippen LogP contribution >= 0.6 is 11.6 Å². The standard InChI is InChI=1S/C17H22ClNO4/c1-11-8-12(4-6-14(11)18)5-7-16(20)19-10-13(22-2)9-15(19)17(21)23-3/h4,6,8,13,15H,5,7,9-10H2,1-3H3/t13-,15-/m1/s1. The molecule has 1 aromatic carbocycles. The topological polar surface area (TPSA) is 55.8 Å². The third kappa shape index (κ3) is 4.24. The van der Waals surface area contributed by atoms with E-state index in [0.29, 0.717) is 30.8 Å². The lowest BCUT2D eigenvalue weighted by Crippen LogP contribution is -2.41. The number of amides is 1. The third-order valence-corrected chi connectivity index (χ3v) is 4.66. The Morgan fingerprint density at radius 1 is 1.35 bits per heavy atom. The smallest absolute Gasteiger partial charge is 0.328 e. The van der Waals surface area contributed by atoms with E-state index in [4.69, 9.17) is 21.1 Å². The van der Waals surface area contributed by atoms with Crippen molar-refractivity contribution in [2.45, 2.75) is 38.3 Å². The SMILES string of the molecule is COC(=O)[C@H]1C[C@@H](OC)CN1C(=O)CCc1ccc(Cl)c(C)c1. The van der Waals surface area contributed by atoms with Crippen LogP contribution in [0.2, 0.25) is 5.02 Å². The molecule has 0 radical (unpaired) electrons. The molecule has 0 unspecified atom stereocenters. The second kappa shape index (κ2) is 7.79. The van der Waals surface area contributed by atoms with Gasteiger partial charge in [-0.2, -0.15) is 0 Å². The summed E-state index contributed by atoms with van der Waals surface area (Å²) in [5, 5.41) is 0.716. The van der Waals surface area contributed by atoms with E-state index in [1.165, 1.54) is 7.11 Å². The second-order valence-electron chi connectivity index (χ2n) is 5.76. The fraction of sp³-hybridized carbons (Fsp3) is 0.529. The van der Waals surface area contributed by atoms with E-state index in [1.807, 2.05) is 25.1 Å². The van der Waals surface area contributed by atoms with E-state index in [2.05, 4.69) is 0 Å². The molecule has 0 saturated carbocycles. The van der Waals surface area contributed by atoms with Crippen molar-refractivity contribution in [3.8, 4) is 0 Å². The third-order valence-electron chi connectivity index (χ3n) is 4.24. The molecule has 23 heavy (non-hydrogen) atoms. The number of nitrogens with zero attached hydrogens (tertiary/aromatic N) is 1. The zero-order valence-corrected chi connectivity index (χ0v) is 14.4. The van der Waals surface area contributed by atoms with Crippen LogP contribution < -0.4 is 0 Å². The normalized spacial score (nSPS) is 20.6. The maximum atomic E-state index is 12.5. The van der Waals surface area contributed by atoms with Crippen molar-refractivity contribution < 1.29 is 19.1 Å². The highest BCUT2D eigenvalue weighted by atomic mass is 35.5.